The second-order valence-corrected chi connectivity index (χ2v) is 6.79. The highest BCUT2D eigenvalue weighted by molar-refractivity contribution is 7.92. The Bertz CT molecular complexity index is 959. The van der Waals surface area contributed by atoms with Crippen LogP contribution >= 0.6 is 0 Å². The van der Waals surface area contributed by atoms with E-state index < -0.39 is 38.9 Å². The van der Waals surface area contributed by atoms with Gasteiger partial charge in [-0.05, 0) is 37.3 Å². The summed E-state index contributed by atoms with van der Waals surface area (Å²) in [7, 11) is -4.28. The van der Waals surface area contributed by atoms with E-state index in [2.05, 4.69) is 5.32 Å². The zero-order valence-corrected chi connectivity index (χ0v) is 14.2. The SMILES string of the molecule is CCNC(=O)c1ccc(S(=O)(=O)Nc2cc(F)c(C(=O)O)cc2F)cc1. The van der Waals surface area contributed by atoms with E-state index in [9.17, 15) is 26.8 Å². The Morgan fingerprint density at radius 3 is 2.23 bits per heavy atom. The molecule has 0 aliphatic carbocycles. The summed E-state index contributed by atoms with van der Waals surface area (Å²) < 4.78 is 53.9. The fourth-order valence-corrected chi connectivity index (χ4v) is 3.10. The Balaban J connectivity index is 2.30. The number of hydrogen-bond acceptors (Lipinski definition) is 4. The number of carbonyl (C=O) groups is 2. The molecule has 0 aliphatic rings. The van der Waals surface area contributed by atoms with Crippen molar-refractivity contribution < 1.29 is 31.9 Å². The molecule has 7 nitrogen and oxygen atoms in total. The van der Waals surface area contributed by atoms with Gasteiger partial charge in [0.2, 0.25) is 0 Å². The van der Waals surface area contributed by atoms with E-state index in [1.165, 1.54) is 12.1 Å². The van der Waals surface area contributed by atoms with Crippen molar-refractivity contribution in [2.24, 2.45) is 0 Å². The minimum atomic E-state index is -4.28. The third-order valence-corrected chi connectivity index (χ3v) is 4.68. The van der Waals surface area contributed by atoms with Crippen molar-refractivity contribution >= 4 is 27.6 Å². The number of carbonyl (C=O) groups excluding carboxylic acids is 1. The quantitative estimate of drug-likeness (QED) is 0.707. The molecule has 3 N–H and O–H groups in total. The minimum absolute atomic E-state index is 0.230. The van der Waals surface area contributed by atoms with Gasteiger partial charge in [0.1, 0.15) is 11.6 Å². The fourth-order valence-electron chi connectivity index (χ4n) is 2.04. The monoisotopic (exact) mass is 384 g/mol. The lowest BCUT2D eigenvalue weighted by Gasteiger charge is -2.10. The predicted octanol–water partition coefficient (Wildman–Crippen LogP) is 2.21. The van der Waals surface area contributed by atoms with Crippen LogP contribution < -0.4 is 10.0 Å². The van der Waals surface area contributed by atoms with Crippen molar-refractivity contribution in [1.82, 2.24) is 5.32 Å². The average Bonchev–Trinajstić information content (AvgIpc) is 2.57. The molecule has 0 saturated carbocycles. The molecule has 0 atom stereocenters. The molecule has 0 heterocycles. The summed E-state index contributed by atoms with van der Waals surface area (Å²) in [6, 6.07) is 5.63. The lowest BCUT2D eigenvalue weighted by molar-refractivity contribution is 0.0691. The number of sulfonamides is 1. The second-order valence-electron chi connectivity index (χ2n) is 5.11. The largest absolute Gasteiger partial charge is 0.478 e. The molecule has 0 aliphatic heterocycles. The van der Waals surface area contributed by atoms with E-state index in [-0.39, 0.29) is 16.4 Å². The number of aromatic carboxylic acids is 1. The Hall–Kier alpha value is -3.01. The molecule has 2 aromatic rings. The van der Waals surface area contributed by atoms with Crippen LogP contribution in [-0.4, -0.2) is 31.9 Å². The molecule has 0 aromatic heterocycles. The topological polar surface area (TPSA) is 113 Å². The number of nitrogens with one attached hydrogen (secondary N) is 2. The van der Waals surface area contributed by atoms with Gasteiger partial charge in [-0.1, -0.05) is 0 Å². The van der Waals surface area contributed by atoms with Gasteiger partial charge >= 0.3 is 5.97 Å². The standard InChI is InChI=1S/C16H14F2N2O5S/c1-2-19-15(21)9-3-5-10(6-4-9)26(24,25)20-14-8-12(17)11(16(22)23)7-13(14)18/h3-8,20H,2H2,1H3,(H,19,21)(H,22,23). The van der Waals surface area contributed by atoms with Crippen LogP contribution in [-0.2, 0) is 10.0 Å². The molecule has 0 unspecified atom stereocenters. The molecular weight excluding hydrogens is 370 g/mol. The molecule has 10 heteroatoms. The highest BCUT2D eigenvalue weighted by Crippen LogP contribution is 2.23. The maximum atomic E-state index is 13.9. The normalized spacial score (nSPS) is 11.0. The number of rotatable bonds is 6. The fraction of sp³-hybridized carbons (Fsp3) is 0.125. The van der Waals surface area contributed by atoms with Gasteiger partial charge in [0, 0.05) is 18.2 Å². The van der Waals surface area contributed by atoms with Crippen molar-refractivity contribution in [2.45, 2.75) is 11.8 Å². The molecule has 1 amide bonds. The maximum absolute atomic E-state index is 13.9. The Labute approximate surface area is 147 Å². The molecule has 0 bridgehead atoms. The van der Waals surface area contributed by atoms with Gasteiger partial charge in [-0.2, -0.15) is 0 Å². The van der Waals surface area contributed by atoms with E-state index in [0.717, 1.165) is 12.1 Å². The van der Waals surface area contributed by atoms with Crippen molar-refractivity contribution in [3.63, 3.8) is 0 Å². The van der Waals surface area contributed by atoms with Gasteiger partial charge in [-0.15, -0.1) is 0 Å². The first kappa shape index (κ1) is 19.3. The van der Waals surface area contributed by atoms with Gasteiger partial charge in [-0.3, -0.25) is 9.52 Å². The third kappa shape index (κ3) is 4.14. The van der Waals surface area contributed by atoms with E-state index in [1.807, 2.05) is 4.72 Å². The Morgan fingerprint density at radius 1 is 1.08 bits per heavy atom. The van der Waals surface area contributed by atoms with Crippen molar-refractivity contribution in [2.75, 3.05) is 11.3 Å². The van der Waals surface area contributed by atoms with Crippen LogP contribution in [0.1, 0.15) is 27.6 Å². The summed E-state index contributed by atoms with van der Waals surface area (Å²) in [6.07, 6.45) is 0. The number of hydrogen-bond donors (Lipinski definition) is 3. The van der Waals surface area contributed by atoms with E-state index in [1.54, 1.807) is 6.92 Å². The number of amides is 1. The van der Waals surface area contributed by atoms with Crippen LogP contribution in [0.25, 0.3) is 0 Å². The number of carboxylic acids is 1. The zero-order valence-electron chi connectivity index (χ0n) is 13.4. The smallest absolute Gasteiger partial charge is 0.338 e. The van der Waals surface area contributed by atoms with Crippen LogP contribution in [0, 0.1) is 11.6 Å². The lowest BCUT2D eigenvalue weighted by Crippen LogP contribution is -2.22. The molecule has 2 aromatic carbocycles. The summed E-state index contributed by atoms with van der Waals surface area (Å²) >= 11 is 0. The van der Waals surface area contributed by atoms with Crippen molar-refractivity contribution in [1.29, 1.82) is 0 Å². The predicted molar refractivity (Wildman–Crippen MR) is 88.6 cm³/mol. The Morgan fingerprint density at radius 2 is 1.69 bits per heavy atom. The molecule has 2 rings (SSSR count). The van der Waals surface area contributed by atoms with Crippen LogP contribution in [0.2, 0.25) is 0 Å². The maximum Gasteiger partial charge on any atom is 0.338 e. The van der Waals surface area contributed by atoms with Crippen LogP contribution in [0.15, 0.2) is 41.3 Å². The molecular formula is C16H14F2N2O5S. The molecule has 26 heavy (non-hydrogen) atoms. The van der Waals surface area contributed by atoms with Gasteiger partial charge in [0.25, 0.3) is 15.9 Å². The first-order chi connectivity index (χ1) is 12.2. The average molecular weight is 384 g/mol. The number of anilines is 1. The summed E-state index contributed by atoms with van der Waals surface area (Å²) in [6.45, 7) is 2.13. The van der Waals surface area contributed by atoms with Crippen molar-refractivity contribution in [3.05, 3.63) is 59.2 Å². The summed E-state index contributed by atoms with van der Waals surface area (Å²) in [5.74, 6) is -4.60. The molecule has 0 radical (unpaired) electrons. The first-order valence-corrected chi connectivity index (χ1v) is 8.77. The molecule has 0 fully saturated rings. The van der Waals surface area contributed by atoms with E-state index in [4.69, 9.17) is 5.11 Å². The summed E-state index contributed by atoms with van der Waals surface area (Å²) in [5.41, 5.74) is -1.43. The molecule has 0 saturated heterocycles. The highest BCUT2D eigenvalue weighted by Gasteiger charge is 2.20. The van der Waals surface area contributed by atoms with E-state index in [0.29, 0.717) is 18.7 Å². The molecule has 138 valence electrons. The van der Waals surface area contributed by atoms with Gasteiger partial charge in [0.05, 0.1) is 16.1 Å². The highest BCUT2D eigenvalue weighted by atomic mass is 32.2. The lowest BCUT2D eigenvalue weighted by atomic mass is 10.2. The first-order valence-electron chi connectivity index (χ1n) is 7.29. The number of carboxylic acid groups (broad SMARTS) is 1. The minimum Gasteiger partial charge on any atom is -0.478 e. The Kier molecular flexibility index (Phi) is 5.56. The van der Waals surface area contributed by atoms with E-state index >= 15 is 0 Å². The van der Waals surface area contributed by atoms with Crippen LogP contribution in [0.4, 0.5) is 14.5 Å². The van der Waals surface area contributed by atoms with Crippen molar-refractivity contribution in [3.8, 4) is 0 Å². The van der Waals surface area contributed by atoms with Gasteiger partial charge < -0.3 is 10.4 Å². The summed E-state index contributed by atoms with van der Waals surface area (Å²) in [4.78, 5) is 22.1. The zero-order chi connectivity index (χ0) is 19.5. The van der Waals surface area contributed by atoms with Gasteiger partial charge in [-0.25, -0.2) is 22.0 Å². The second kappa shape index (κ2) is 7.48. The summed E-state index contributed by atoms with van der Waals surface area (Å²) in [5, 5.41) is 11.3. The molecule has 0 spiro atoms. The van der Waals surface area contributed by atoms with Gasteiger partial charge in [0.15, 0.2) is 0 Å². The van der Waals surface area contributed by atoms with Crippen LogP contribution in [0.5, 0.6) is 0 Å². The third-order valence-electron chi connectivity index (χ3n) is 3.30. The number of benzene rings is 2. The number of halogens is 2. The van der Waals surface area contributed by atoms with Crippen LogP contribution in [0.3, 0.4) is 0 Å².